The van der Waals surface area contributed by atoms with Gasteiger partial charge in [0.05, 0.1) is 11.3 Å². The molecule has 82 valence electrons. The molecule has 1 amide bonds. The maximum atomic E-state index is 11.5. The van der Waals surface area contributed by atoms with Gasteiger partial charge in [-0.3, -0.25) is 4.79 Å². The molecule has 0 unspecified atom stereocenters. The molecule has 6 heteroatoms. The van der Waals surface area contributed by atoms with Gasteiger partial charge in [0.2, 0.25) is 15.9 Å². The predicted molar refractivity (Wildman–Crippen MR) is 55.6 cm³/mol. The normalized spacial score (nSPS) is 11.3. The largest absolute Gasteiger partial charge is 0.369 e. The molecule has 0 radical (unpaired) electrons. The summed E-state index contributed by atoms with van der Waals surface area (Å²) >= 11 is 0. The van der Waals surface area contributed by atoms with Gasteiger partial charge >= 0.3 is 0 Å². The minimum atomic E-state index is -3.53. The van der Waals surface area contributed by atoms with Crippen LogP contribution in [0.2, 0.25) is 0 Å². The van der Waals surface area contributed by atoms with Crippen LogP contribution in [0.3, 0.4) is 0 Å². The number of hydrogen-bond acceptors (Lipinski definition) is 3. The first-order valence-corrected chi connectivity index (χ1v) is 5.75. The summed E-state index contributed by atoms with van der Waals surface area (Å²) in [6, 6.07) is 6.25. The van der Waals surface area contributed by atoms with E-state index < -0.39 is 15.9 Å². The van der Waals surface area contributed by atoms with Crippen molar-refractivity contribution in [1.82, 2.24) is 4.72 Å². The number of amides is 1. The van der Waals surface area contributed by atoms with Crippen molar-refractivity contribution in [1.29, 1.82) is 0 Å². The van der Waals surface area contributed by atoms with Gasteiger partial charge in [0, 0.05) is 0 Å². The van der Waals surface area contributed by atoms with Gasteiger partial charge in [-0.25, -0.2) is 13.1 Å². The fraction of sp³-hybridized carbons (Fsp3) is 0.222. The molecule has 1 aromatic rings. The van der Waals surface area contributed by atoms with E-state index in [4.69, 9.17) is 5.73 Å². The van der Waals surface area contributed by atoms with Crippen LogP contribution in [-0.4, -0.2) is 21.4 Å². The van der Waals surface area contributed by atoms with E-state index in [1.54, 1.807) is 18.2 Å². The van der Waals surface area contributed by atoms with E-state index in [0.717, 1.165) is 0 Å². The molecule has 0 aliphatic heterocycles. The molecule has 0 aromatic heterocycles. The zero-order valence-corrected chi connectivity index (χ0v) is 9.04. The van der Waals surface area contributed by atoms with Crippen LogP contribution in [0.25, 0.3) is 0 Å². The second-order valence-electron chi connectivity index (χ2n) is 2.96. The first kappa shape index (κ1) is 11.7. The highest BCUT2D eigenvalue weighted by Gasteiger charge is 2.16. The van der Waals surface area contributed by atoms with Gasteiger partial charge in [0.15, 0.2) is 0 Å². The number of hydrogen-bond donors (Lipinski definition) is 2. The lowest BCUT2D eigenvalue weighted by Crippen LogP contribution is -2.22. The van der Waals surface area contributed by atoms with Crippen molar-refractivity contribution in [3.05, 3.63) is 29.8 Å². The van der Waals surface area contributed by atoms with Crippen molar-refractivity contribution in [2.24, 2.45) is 5.73 Å². The molecule has 0 bridgehead atoms. The minimum absolute atomic E-state index is 0.0862. The molecule has 0 aliphatic rings. The molecule has 0 heterocycles. The third-order valence-corrected chi connectivity index (χ3v) is 3.41. The Kier molecular flexibility index (Phi) is 3.43. The van der Waals surface area contributed by atoms with Gasteiger partial charge in [-0.2, -0.15) is 0 Å². The molecular formula is C9H12N2O3S. The number of rotatable bonds is 4. The monoisotopic (exact) mass is 228 g/mol. The summed E-state index contributed by atoms with van der Waals surface area (Å²) in [5.41, 5.74) is 5.43. The van der Waals surface area contributed by atoms with Gasteiger partial charge in [-0.1, -0.05) is 18.2 Å². The number of nitrogens with two attached hydrogens (primary N) is 1. The molecule has 0 aliphatic carbocycles. The average molecular weight is 228 g/mol. The second-order valence-corrected chi connectivity index (χ2v) is 4.81. The number of carbonyl (C=O) groups excluding carboxylic acids is 1. The Hall–Kier alpha value is -1.40. The SMILES string of the molecule is CNS(=O)(=O)c1ccccc1CC(N)=O. The Morgan fingerprint density at radius 3 is 2.53 bits per heavy atom. The summed E-state index contributed by atoms with van der Waals surface area (Å²) < 4.78 is 25.3. The van der Waals surface area contributed by atoms with Crippen molar-refractivity contribution in [2.45, 2.75) is 11.3 Å². The molecule has 0 saturated carbocycles. The lowest BCUT2D eigenvalue weighted by Gasteiger charge is -2.07. The molecule has 15 heavy (non-hydrogen) atoms. The maximum Gasteiger partial charge on any atom is 0.240 e. The highest BCUT2D eigenvalue weighted by atomic mass is 32.2. The average Bonchev–Trinajstić information content (AvgIpc) is 2.17. The zero-order chi connectivity index (χ0) is 11.5. The van der Waals surface area contributed by atoms with Crippen LogP contribution in [-0.2, 0) is 21.2 Å². The highest BCUT2D eigenvalue weighted by molar-refractivity contribution is 7.89. The molecular weight excluding hydrogens is 216 g/mol. The molecule has 0 atom stereocenters. The van der Waals surface area contributed by atoms with E-state index in [-0.39, 0.29) is 11.3 Å². The van der Waals surface area contributed by atoms with E-state index in [0.29, 0.717) is 5.56 Å². The van der Waals surface area contributed by atoms with Crippen LogP contribution >= 0.6 is 0 Å². The third kappa shape index (κ3) is 2.77. The summed E-state index contributed by atoms with van der Waals surface area (Å²) in [6.07, 6.45) is -0.0862. The minimum Gasteiger partial charge on any atom is -0.369 e. The van der Waals surface area contributed by atoms with Crippen LogP contribution in [0.5, 0.6) is 0 Å². The lowest BCUT2D eigenvalue weighted by atomic mass is 10.1. The standard InChI is InChI=1S/C9H12N2O3S/c1-11-15(13,14)8-5-3-2-4-7(8)6-9(10)12/h2-5,11H,6H2,1H3,(H2,10,12). The first-order chi connectivity index (χ1) is 6.97. The maximum absolute atomic E-state index is 11.5. The molecule has 0 fully saturated rings. The van der Waals surface area contributed by atoms with E-state index in [9.17, 15) is 13.2 Å². The molecule has 3 N–H and O–H groups in total. The van der Waals surface area contributed by atoms with Crippen molar-refractivity contribution in [3.63, 3.8) is 0 Å². The Morgan fingerprint density at radius 1 is 1.40 bits per heavy atom. The fourth-order valence-electron chi connectivity index (χ4n) is 1.21. The van der Waals surface area contributed by atoms with Gasteiger partial charge in [-0.05, 0) is 18.7 Å². The number of sulfonamides is 1. The van der Waals surface area contributed by atoms with Gasteiger partial charge in [0.25, 0.3) is 0 Å². The van der Waals surface area contributed by atoms with Crippen LogP contribution in [0.4, 0.5) is 0 Å². The highest BCUT2D eigenvalue weighted by Crippen LogP contribution is 2.15. The second kappa shape index (κ2) is 4.41. The Balaban J connectivity index is 3.24. The number of carbonyl (C=O) groups is 1. The summed E-state index contributed by atoms with van der Waals surface area (Å²) in [4.78, 5) is 10.8. The molecule has 0 saturated heterocycles. The van der Waals surface area contributed by atoms with Gasteiger partial charge in [0.1, 0.15) is 0 Å². The topological polar surface area (TPSA) is 89.3 Å². The van der Waals surface area contributed by atoms with Crippen molar-refractivity contribution in [2.75, 3.05) is 7.05 Å². The van der Waals surface area contributed by atoms with E-state index in [1.165, 1.54) is 13.1 Å². The molecule has 1 rings (SSSR count). The van der Waals surface area contributed by atoms with E-state index in [2.05, 4.69) is 4.72 Å². The molecule has 5 nitrogen and oxygen atoms in total. The number of nitrogens with one attached hydrogen (secondary N) is 1. The van der Waals surface area contributed by atoms with Crippen molar-refractivity contribution in [3.8, 4) is 0 Å². The quantitative estimate of drug-likeness (QED) is 0.736. The Bertz CT molecular complexity index is 468. The van der Waals surface area contributed by atoms with Crippen molar-refractivity contribution >= 4 is 15.9 Å². The number of benzene rings is 1. The summed E-state index contributed by atoms with van der Waals surface area (Å²) in [5, 5.41) is 0. The van der Waals surface area contributed by atoms with Crippen LogP contribution < -0.4 is 10.5 Å². The fourth-order valence-corrected chi connectivity index (χ4v) is 2.17. The van der Waals surface area contributed by atoms with Gasteiger partial charge in [-0.15, -0.1) is 0 Å². The number of primary amides is 1. The molecule has 1 aromatic carbocycles. The van der Waals surface area contributed by atoms with E-state index >= 15 is 0 Å². The summed E-state index contributed by atoms with van der Waals surface area (Å²) in [5.74, 6) is -0.561. The van der Waals surface area contributed by atoms with Crippen LogP contribution in [0.1, 0.15) is 5.56 Å². The van der Waals surface area contributed by atoms with E-state index in [1.807, 2.05) is 0 Å². The molecule has 0 spiro atoms. The van der Waals surface area contributed by atoms with Gasteiger partial charge < -0.3 is 5.73 Å². The Morgan fingerprint density at radius 2 is 2.00 bits per heavy atom. The Labute approximate surface area is 88.3 Å². The third-order valence-electron chi connectivity index (χ3n) is 1.90. The van der Waals surface area contributed by atoms with Crippen LogP contribution in [0, 0.1) is 0 Å². The van der Waals surface area contributed by atoms with Crippen LogP contribution in [0.15, 0.2) is 29.2 Å². The predicted octanol–water partition coefficient (Wildman–Crippen LogP) is -0.378. The smallest absolute Gasteiger partial charge is 0.240 e. The van der Waals surface area contributed by atoms with Crippen molar-refractivity contribution < 1.29 is 13.2 Å². The zero-order valence-electron chi connectivity index (χ0n) is 8.23. The summed E-state index contributed by atoms with van der Waals surface area (Å²) in [6.45, 7) is 0. The first-order valence-electron chi connectivity index (χ1n) is 4.27. The summed E-state index contributed by atoms with van der Waals surface area (Å²) in [7, 11) is -2.22. The lowest BCUT2D eigenvalue weighted by molar-refractivity contribution is -0.117.